The molecule has 1 rings (SSSR count). The van der Waals surface area contributed by atoms with Gasteiger partial charge in [-0.05, 0) is 36.3 Å². The van der Waals surface area contributed by atoms with Crippen LogP contribution >= 0.6 is 0 Å². The summed E-state index contributed by atoms with van der Waals surface area (Å²) < 4.78 is 18.2. The Morgan fingerprint density at radius 3 is 1.96 bits per heavy atom. The number of ether oxygens (including phenoxy) is 1. The lowest BCUT2D eigenvalue weighted by molar-refractivity contribution is -0.161. The molecule has 0 aliphatic carbocycles. The number of hydrogen-bond acceptors (Lipinski definition) is 4. The van der Waals surface area contributed by atoms with E-state index in [-0.39, 0.29) is 28.3 Å². The van der Waals surface area contributed by atoms with Crippen molar-refractivity contribution in [2.75, 3.05) is 6.61 Å². The predicted molar refractivity (Wildman–Crippen MR) is 104 cm³/mol. The number of carbonyl (C=O) groups excluding carboxylic acids is 1. The number of esters is 1. The molecule has 0 aromatic carbocycles. The smallest absolute Gasteiger partial charge is 0.308 e. The summed E-state index contributed by atoms with van der Waals surface area (Å²) in [6, 6.07) is 0. The molecule has 1 saturated heterocycles. The molecule has 0 amide bonds. The first-order chi connectivity index (χ1) is 10.6. The van der Waals surface area contributed by atoms with Crippen LogP contribution in [-0.4, -0.2) is 41.4 Å². The second kappa shape index (κ2) is 7.21. The van der Waals surface area contributed by atoms with Gasteiger partial charge in [-0.3, -0.25) is 4.79 Å². The largest absolute Gasteiger partial charge is 0.460 e. The molecule has 0 saturated carbocycles. The van der Waals surface area contributed by atoms with E-state index in [9.17, 15) is 4.79 Å². The van der Waals surface area contributed by atoms with Crippen LogP contribution < -0.4 is 0 Å². The quantitative estimate of drug-likeness (QED) is 0.496. The molecule has 1 fully saturated rings. The van der Waals surface area contributed by atoms with Gasteiger partial charge >= 0.3 is 5.97 Å². The molecule has 1 aliphatic heterocycles. The Morgan fingerprint density at radius 1 is 1.00 bits per heavy atom. The summed E-state index contributed by atoms with van der Waals surface area (Å²) in [4.78, 5) is 12.0. The normalized spacial score (nSPS) is 24.0. The molecule has 0 N–H and O–H groups in total. The molecular formula is C18H38O4Si2. The van der Waals surface area contributed by atoms with Crippen LogP contribution in [0.1, 0.15) is 54.4 Å². The lowest BCUT2D eigenvalue weighted by atomic mass is 10.1. The Bertz CT molecular complexity index is 447. The van der Waals surface area contributed by atoms with Crippen molar-refractivity contribution in [1.29, 1.82) is 0 Å². The van der Waals surface area contributed by atoms with Crippen LogP contribution in [0.25, 0.3) is 0 Å². The van der Waals surface area contributed by atoms with Gasteiger partial charge < -0.3 is 13.6 Å². The van der Waals surface area contributed by atoms with Crippen LogP contribution in [0.4, 0.5) is 0 Å². The highest BCUT2D eigenvalue weighted by Crippen LogP contribution is 2.39. The van der Waals surface area contributed by atoms with Gasteiger partial charge in [0.15, 0.2) is 16.6 Å². The van der Waals surface area contributed by atoms with Crippen molar-refractivity contribution >= 4 is 22.6 Å². The molecule has 0 unspecified atom stereocenters. The molecule has 4 nitrogen and oxygen atoms in total. The van der Waals surface area contributed by atoms with Gasteiger partial charge in [0, 0.05) is 6.42 Å². The SMILES string of the molecule is CC(C)(C)[Si](C)(C)OC[C@@H]1C[C@H](O[Si](C)(C)C(C)(C)C)CC(=O)O1. The van der Waals surface area contributed by atoms with E-state index in [1.807, 2.05) is 0 Å². The zero-order valence-corrected chi connectivity index (χ0v) is 19.4. The monoisotopic (exact) mass is 374 g/mol. The van der Waals surface area contributed by atoms with Crippen molar-refractivity contribution in [3.05, 3.63) is 0 Å². The first-order valence-corrected chi connectivity index (χ1v) is 14.9. The molecule has 2 atom stereocenters. The third-order valence-electron chi connectivity index (χ3n) is 5.92. The maximum absolute atomic E-state index is 12.0. The third-order valence-corrected chi connectivity index (χ3v) is 15.0. The van der Waals surface area contributed by atoms with Crippen molar-refractivity contribution in [3.63, 3.8) is 0 Å². The van der Waals surface area contributed by atoms with E-state index in [1.165, 1.54) is 0 Å². The number of rotatable bonds is 5. The van der Waals surface area contributed by atoms with Gasteiger partial charge in [0.1, 0.15) is 6.10 Å². The van der Waals surface area contributed by atoms with Crippen LogP contribution in [0.3, 0.4) is 0 Å². The molecular weight excluding hydrogens is 336 g/mol. The maximum atomic E-state index is 12.0. The molecule has 0 aromatic rings. The molecule has 24 heavy (non-hydrogen) atoms. The zero-order chi connectivity index (χ0) is 19.0. The lowest BCUT2D eigenvalue weighted by Gasteiger charge is -2.42. The van der Waals surface area contributed by atoms with Gasteiger partial charge in [0.05, 0.1) is 19.1 Å². The topological polar surface area (TPSA) is 44.8 Å². The number of carbonyl (C=O) groups is 1. The zero-order valence-electron chi connectivity index (χ0n) is 17.4. The highest BCUT2D eigenvalue weighted by molar-refractivity contribution is 6.74. The maximum Gasteiger partial charge on any atom is 0.308 e. The fourth-order valence-corrected chi connectivity index (χ4v) is 4.55. The molecule has 6 heteroatoms. The average molecular weight is 375 g/mol. The van der Waals surface area contributed by atoms with Crippen molar-refractivity contribution in [1.82, 2.24) is 0 Å². The van der Waals surface area contributed by atoms with E-state index >= 15 is 0 Å². The van der Waals surface area contributed by atoms with Crippen molar-refractivity contribution in [3.8, 4) is 0 Å². The minimum atomic E-state index is -1.88. The number of hydrogen-bond donors (Lipinski definition) is 0. The van der Waals surface area contributed by atoms with E-state index in [0.29, 0.717) is 13.0 Å². The van der Waals surface area contributed by atoms with E-state index < -0.39 is 16.6 Å². The summed E-state index contributed by atoms with van der Waals surface area (Å²) in [7, 11) is -3.71. The first kappa shape index (κ1) is 21.9. The van der Waals surface area contributed by atoms with Crippen molar-refractivity contribution in [2.45, 2.75) is 103 Å². The second-order valence-electron chi connectivity index (χ2n) is 10.1. The molecule has 0 spiro atoms. The Balaban J connectivity index is 2.68. The Kier molecular flexibility index (Phi) is 6.57. The first-order valence-electron chi connectivity index (χ1n) is 9.06. The van der Waals surface area contributed by atoms with Gasteiger partial charge in [-0.25, -0.2) is 0 Å². The molecule has 0 bridgehead atoms. The van der Waals surface area contributed by atoms with Gasteiger partial charge in [0.2, 0.25) is 0 Å². The van der Waals surface area contributed by atoms with E-state index in [2.05, 4.69) is 67.7 Å². The van der Waals surface area contributed by atoms with Gasteiger partial charge in [-0.2, -0.15) is 0 Å². The predicted octanol–water partition coefficient (Wildman–Crippen LogP) is 5.10. The van der Waals surface area contributed by atoms with E-state index in [0.717, 1.165) is 6.42 Å². The van der Waals surface area contributed by atoms with Crippen LogP contribution in [-0.2, 0) is 18.4 Å². The van der Waals surface area contributed by atoms with Gasteiger partial charge in [-0.15, -0.1) is 0 Å². The van der Waals surface area contributed by atoms with Crippen LogP contribution in [0, 0.1) is 0 Å². The molecule has 1 aliphatic rings. The lowest BCUT2D eigenvalue weighted by Crippen LogP contribution is -2.49. The molecule has 0 radical (unpaired) electrons. The molecule has 0 aromatic heterocycles. The minimum absolute atomic E-state index is 0.0415. The Labute approximate surface area is 150 Å². The average Bonchev–Trinajstić information content (AvgIpc) is 2.32. The van der Waals surface area contributed by atoms with Crippen LogP contribution in [0.2, 0.25) is 36.3 Å². The summed E-state index contributed by atoms with van der Waals surface area (Å²) in [6.07, 6.45) is 0.881. The molecule has 142 valence electrons. The fourth-order valence-electron chi connectivity index (χ4n) is 2.15. The van der Waals surface area contributed by atoms with Crippen molar-refractivity contribution in [2.24, 2.45) is 0 Å². The highest BCUT2D eigenvalue weighted by atomic mass is 28.4. The number of cyclic esters (lactones) is 1. The molecule has 1 heterocycles. The third kappa shape index (κ3) is 5.68. The van der Waals surface area contributed by atoms with E-state index in [4.69, 9.17) is 13.6 Å². The minimum Gasteiger partial charge on any atom is -0.460 e. The highest BCUT2D eigenvalue weighted by Gasteiger charge is 2.42. The summed E-state index contributed by atoms with van der Waals surface area (Å²) >= 11 is 0. The Morgan fingerprint density at radius 2 is 1.50 bits per heavy atom. The van der Waals surface area contributed by atoms with Crippen molar-refractivity contribution < 1.29 is 18.4 Å². The van der Waals surface area contributed by atoms with Crippen LogP contribution in [0.5, 0.6) is 0 Å². The Hall–Kier alpha value is -0.176. The summed E-state index contributed by atoms with van der Waals surface area (Å²) in [6.45, 7) is 22.7. The van der Waals surface area contributed by atoms with Gasteiger partial charge in [-0.1, -0.05) is 41.5 Å². The standard InChI is InChI=1S/C18H38O4Si2/c1-17(2,3)23(7,8)20-13-15-11-14(12-16(19)21-15)22-24(9,10)18(4,5)6/h14-15H,11-13H2,1-10H3/t14-,15-/m0/s1. The summed E-state index contributed by atoms with van der Waals surface area (Å²) in [5, 5.41) is 0.296. The summed E-state index contributed by atoms with van der Waals surface area (Å²) in [5.74, 6) is -0.159. The second-order valence-corrected chi connectivity index (χ2v) is 19.7. The van der Waals surface area contributed by atoms with E-state index in [1.54, 1.807) is 0 Å². The van der Waals surface area contributed by atoms with Gasteiger partial charge in [0.25, 0.3) is 0 Å². The fraction of sp³-hybridized carbons (Fsp3) is 0.944. The summed E-state index contributed by atoms with van der Waals surface area (Å²) in [5.41, 5.74) is 0. The van der Waals surface area contributed by atoms with Crippen LogP contribution in [0.15, 0.2) is 0 Å².